The monoisotopic (exact) mass is 410 g/mol. The average molecular weight is 411 g/mol. The van der Waals surface area contributed by atoms with Crippen molar-refractivity contribution in [1.82, 2.24) is 0 Å². The third-order valence-corrected chi connectivity index (χ3v) is 8.96. The van der Waals surface area contributed by atoms with Gasteiger partial charge >= 0.3 is 0 Å². The fourth-order valence-electron chi connectivity index (χ4n) is 4.38. The maximum atomic E-state index is 2.51. The van der Waals surface area contributed by atoms with Crippen molar-refractivity contribution in [2.45, 2.75) is 99.3 Å². The van der Waals surface area contributed by atoms with E-state index in [9.17, 15) is 0 Å². The van der Waals surface area contributed by atoms with Crippen molar-refractivity contribution in [3.05, 3.63) is 57.6 Å². The zero-order valence-corrected chi connectivity index (χ0v) is 21.0. The largest absolute Gasteiger partial charge is 0.0654 e. The van der Waals surface area contributed by atoms with Crippen molar-refractivity contribution in [3.63, 3.8) is 0 Å². The predicted molar refractivity (Wildman–Crippen MR) is 135 cm³/mol. The van der Waals surface area contributed by atoms with E-state index in [0.29, 0.717) is 0 Å². The minimum absolute atomic E-state index is 0.314. The van der Waals surface area contributed by atoms with E-state index >= 15 is 0 Å². The molecule has 0 saturated heterocycles. The summed E-state index contributed by atoms with van der Waals surface area (Å²) in [6, 6.07) is 9.73. The maximum Gasteiger partial charge on any atom is -0.0163 e. The van der Waals surface area contributed by atoms with Crippen LogP contribution in [0.1, 0.15) is 92.7 Å². The minimum Gasteiger partial charge on any atom is -0.0654 e. The van der Waals surface area contributed by atoms with Gasteiger partial charge in [-0.05, 0) is 118 Å². The fraction of sp³-hybridized carbons (Fsp3) is 0.571. The van der Waals surface area contributed by atoms with Crippen LogP contribution in [0.5, 0.6) is 0 Å². The molecular weight excluding hydrogens is 367 g/mol. The van der Waals surface area contributed by atoms with E-state index in [1.807, 2.05) is 0 Å². The molecule has 0 fully saturated rings. The first-order valence-corrected chi connectivity index (χ1v) is 13.7. The Bertz CT molecular complexity index is 787. The second-order valence-electron chi connectivity index (χ2n) is 8.72. The molecule has 0 nitrogen and oxygen atoms in total. The van der Waals surface area contributed by atoms with Gasteiger partial charge in [0.1, 0.15) is 0 Å². The first kappa shape index (κ1) is 24.1. The van der Waals surface area contributed by atoms with Gasteiger partial charge in [-0.15, -0.1) is 0 Å². The smallest absolute Gasteiger partial charge is 0.0163 e. The molecule has 0 aliphatic rings. The highest BCUT2D eigenvalue weighted by Crippen LogP contribution is 2.36. The third-order valence-electron chi connectivity index (χ3n) is 6.62. The molecule has 2 aromatic carbocycles. The Balaban J connectivity index is 2.58. The lowest BCUT2D eigenvalue weighted by molar-refractivity contribution is 0.737. The van der Waals surface area contributed by atoms with Crippen LogP contribution < -0.4 is 10.6 Å². The summed E-state index contributed by atoms with van der Waals surface area (Å²) in [6.45, 7) is 16.3. The minimum atomic E-state index is -0.314. The van der Waals surface area contributed by atoms with Crippen molar-refractivity contribution in [1.29, 1.82) is 0 Å². The zero-order valence-electron chi connectivity index (χ0n) is 20.1. The Morgan fingerprint density at radius 2 is 1.17 bits per heavy atom. The van der Waals surface area contributed by atoms with Crippen LogP contribution in [0.25, 0.3) is 0 Å². The molecule has 0 saturated carbocycles. The summed E-state index contributed by atoms with van der Waals surface area (Å²) in [5, 5.41) is 3.22. The molecule has 0 aromatic heterocycles. The summed E-state index contributed by atoms with van der Waals surface area (Å²) >= 11 is 0. The van der Waals surface area contributed by atoms with Gasteiger partial charge in [-0.25, -0.2) is 0 Å². The van der Waals surface area contributed by atoms with Crippen LogP contribution in [0.15, 0.2) is 24.3 Å². The molecular formula is C28H43P. The Morgan fingerprint density at radius 1 is 0.621 bits per heavy atom. The van der Waals surface area contributed by atoms with E-state index in [4.69, 9.17) is 0 Å². The fourth-order valence-corrected chi connectivity index (χ4v) is 6.56. The Labute approximate surface area is 182 Å². The molecule has 0 aliphatic carbocycles. The first-order chi connectivity index (χ1) is 14.0. The summed E-state index contributed by atoms with van der Waals surface area (Å²) in [5.41, 5.74) is 9.44. The molecule has 0 bridgehead atoms. The number of rotatable bonds is 11. The van der Waals surface area contributed by atoms with Crippen LogP contribution in [0.3, 0.4) is 0 Å². The zero-order chi connectivity index (χ0) is 21.4. The summed E-state index contributed by atoms with van der Waals surface area (Å²) in [7, 11) is -0.314. The maximum absolute atomic E-state index is 2.51. The average Bonchev–Trinajstić information content (AvgIpc) is 2.72. The van der Waals surface area contributed by atoms with Crippen molar-refractivity contribution < 1.29 is 0 Å². The van der Waals surface area contributed by atoms with Crippen LogP contribution in [0.2, 0.25) is 0 Å². The molecule has 1 unspecified atom stereocenters. The van der Waals surface area contributed by atoms with Gasteiger partial charge in [0.25, 0.3) is 0 Å². The molecule has 0 N–H and O–H groups in total. The molecule has 0 aliphatic heterocycles. The van der Waals surface area contributed by atoms with Crippen molar-refractivity contribution in [2.75, 3.05) is 6.66 Å². The van der Waals surface area contributed by atoms with E-state index in [1.54, 1.807) is 27.3 Å². The van der Waals surface area contributed by atoms with E-state index < -0.39 is 0 Å². The molecule has 2 aromatic rings. The number of benzene rings is 2. The van der Waals surface area contributed by atoms with Gasteiger partial charge in [0.05, 0.1) is 0 Å². The molecule has 2 rings (SSSR count). The molecule has 0 amide bonds. The number of hydrogen-bond donors (Lipinski definition) is 0. The standard InChI is InChI=1S/C28H43P/c1-8-11-14-24-18-20-28(26(16-13-10-3)25(24)15-12-9-2)29(7)27-19-17-21(4)22(5)23(27)6/h17-20H,8-16H2,1-7H3. The van der Waals surface area contributed by atoms with Crippen molar-refractivity contribution in [3.8, 4) is 0 Å². The first-order valence-electron chi connectivity index (χ1n) is 11.9. The van der Waals surface area contributed by atoms with Crippen molar-refractivity contribution >= 4 is 18.5 Å². The topological polar surface area (TPSA) is 0 Å². The van der Waals surface area contributed by atoms with Gasteiger partial charge in [0, 0.05) is 0 Å². The van der Waals surface area contributed by atoms with Gasteiger partial charge in [-0.3, -0.25) is 0 Å². The Hall–Kier alpha value is -1.13. The van der Waals surface area contributed by atoms with Crippen molar-refractivity contribution in [2.24, 2.45) is 0 Å². The van der Waals surface area contributed by atoms with Crippen LogP contribution in [-0.2, 0) is 19.3 Å². The van der Waals surface area contributed by atoms with Crippen LogP contribution >= 0.6 is 7.92 Å². The van der Waals surface area contributed by atoms with E-state index in [2.05, 4.69) is 72.5 Å². The predicted octanol–water partition coefficient (Wildman–Crippen LogP) is 7.70. The molecule has 0 radical (unpaired) electrons. The number of hydrogen-bond acceptors (Lipinski definition) is 0. The SMILES string of the molecule is CCCCc1ccc(P(C)c2ccc(C)c(C)c2C)c(CCCC)c1CCCC. The summed E-state index contributed by atoms with van der Waals surface area (Å²) in [4.78, 5) is 0. The lowest BCUT2D eigenvalue weighted by Crippen LogP contribution is -2.21. The molecule has 160 valence electrons. The highest BCUT2D eigenvalue weighted by molar-refractivity contribution is 7.72. The number of unbranched alkanes of at least 4 members (excludes halogenated alkanes) is 3. The lowest BCUT2D eigenvalue weighted by atomic mass is 9.91. The summed E-state index contributed by atoms with van der Waals surface area (Å²) in [6.07, 6.45) is 11.5. The van der Waals surface area contributed by atoms with Crippen LogP contribution in [0.4, 0.5) is 0 Å². The molecule has 1 heteroatoms. The quantitative estimate of drug-likeness (QED) is 0.333. The van der Waals surface area contributed by atoms with Gasteiger partial charge < -0.3 is 0 Å². The number of aryl methyl sites for hydroxylation is 2. The van der Waals surface area contributed by atoms with Crippen LogP contribution in [0, 0.1) is 20.8 Å². The second kappa shape index (κ2) is 11.9. The highest BCUT2D eigenvalue weighted by Gasteiger charge is 2.20. The van der Waals surface area contributed by atoms with Gasteiger partial charge in [0.2, 0.25) is 0 Å². The lowest BCUT2D eigenvalue weighted by Gasteiger charge is -2.25. The highest BCUT2D eigenvalue weighted by atomic mass is 31.1. The molecule has 0 heterocycles. The van der Waals surface area contributed by atoms with E-state index in [1.165, 1.54) is 74.5 Å². The summed E-state index contributed by atoms with van der Waals surface area (Å²) < 4.78 is 0. The second-order valence-corrected chi connectivity index (χ2v) is 10.8. The van der Waals surface area contributed by atoms with Crippen LogP contribution in [-0.4, -0.2) is 6.66 Å². The van der Waals surface area contributed by atoms with Gasteiger partial charge in [-0.2, -0.15) is 0 Å². The Kier molecular flexibility index (Phi) is 9.91. The third kappa shape index (κ3) is 5.95. The molecule has 0 spiro atoms. The normalized spacial score (nSPS) is 12.4. The van der Waals surface area contributed by atoms with Gasteiger partial charge in [0.15, 0.2) is 0 Å². The molecule has 1 atom stereocenters. The Morgan fingerprint density at radius 3 is 1.79 bits per heavy atom. The van der Waals surface area contributed by atoms with E-state index in [0.717, 1.165) is 0 Å². The molecule has 29 heavy (non-hydrogen) atoms. The van der Waals surface area contributed by atoms with Gasteiger partial charge in [-0.1, -0.05) is 64.3 Å². The van der Waals surface area contributed by atoms with E-state index in [-0.39, 0.29) is 7.92 Å². The summed E-state index contributed by atoms with van der Waals surface area (Å²) in [5.74, 6) is 0.